The SMILES string of the molecule is c1cc2c(c(NCCC3CC3)c1)CCCC2. The van der Waals surface area contributed by atoms with Crippen molar-refractivity contribution in [1.82, 2.24) is 0 Å². The third-order valence-corrected chi connectivity index (χ3v) is 3.96. The minimum atomic E-state index is 1.03. The summed E-state index contributed by atoms with van der Waals surface area (Å²) in [7, 11) is 0. The zero-order valence-electron chi connectivity index (χ0n) is 9.97. The number of fused-ring (bicyclic) bond motifs is 1. The van der Waals surface area contributed by atoms with Gasteiger partial charge >= 0.3 is 0 Å². The van der Waals surface area contributed by atoms with Crippen molar-refractivity contribution in [3.8, 4) is 0 Å². The van der Waals surface area contributed by atoms with Crippen molar-refractivity contribution in [2.75, 3.05) is 11.9 Å². The second-order valence-electron chi connectivity index (χ2n) is 5.31. The van der Waals surface area contributed by atoms with Crippen molar-refractivity contribution in [3.63, 3.8) is 0 Å². The van der Waals surface area contributed by atoms with E-state index in [2.05, 4.69) is 23.5 Å². The smallest absolute Gasteiger partial charge is 0.0375 e. The molecule has 1 nitrogen and oxygen atoms in total. The van der Waals surface area contributed by atoms with Crippen LogP contribution in [0.2, 0.25) is 0 Å². The van der Waals surface area contributed by atoms with Gasteiger partial charge in [0.2, 0.25) is 0 Å². The van der Waals surface area contributed by atoms with Gasteiger partial charge in [-0.2, -0.15) is 0 Å². The number of anilines is 1. The Bertz CT molecular complexity index is 366. The van der Waals surface area contributed by atoms with Gasteiger partial charge in [0.1, 0.15) is 0 Å². The number of hydrogen-bond acceptors (Lipinski definition) is 1. The van der Waals surface area contributed by atoms with E-state index in [0.717, 1.165) is 5.92 Å². The van der Waals surface area contributed by atoms with E-state index in [-0.39, 0.29) is 0 Å². The highest BCUT2D eigenvalue weighted by Crippen LogP contribution is 2.33. The van der Waals surface area contributed by atoms with Gasteiger partial charge in [0.25, 0.3) is 0 Å². The first-order chi connectivity index (χ1) is 7.93. The number of hydrogen-bond donors (Lipinski definition) is 1. The fourth-order valence-corrected chi connectivity index (χ4v) is 2.76. The summed E-state index contributed by atoms with van der Waals surface area (Å²) >= 11 is 0. The average molecular weight is 215 g/mol. The van der Waals surface area contributed by atoms with Crippen molar-refractivity contribution < 1.29 is 0 Å². The van der Waals surface area contributed by atoms with Gasteiger partial charge in [-0.05, 0) is 55.2 Å². The molecule has 1 fully saturated rings. The normalized spacial score (nSPS) is 19.2. The quantitative estimate of drug-likeness (QED) is 0.806. The van der Waals surface area contributed by atoms with Gasteiger partial charge < -0.3 is 5.32 Å². The molecule has 3 rings (SSSR count). The highest BCUT2D eigenvalue weighted by atomic mass is 14.9. The summed E-state index contributed by atoms with van der Waals surface area (Å²) in [6, 6.07) is 6.78. The van der Waals surface area contributed by atoms with Crippen molar-refractivity contribution in [1.29, 1.82) is 0 Å². The van der Waals surface area contributed by atoms with Gasteiger partial charge in [0, 0.05) is 12.2 Å². The second kappa shape index (κ2) is 4.48. The Kier molecular flexibility index (Phi) is 2.86. The van der Waals surface area contributed by atoms with Crippen molar-refractivity contribution in [2.45, 2.75) is 44.9 Å². The Morgan fingerprint density at radius 3 is 2.88 bits per heavy atom. The van der Waals surface area contributed by atoms with Crippen LogP contribution in [-0.4, -0.2) is 6.54 Å². The molecule has 1 aromatic rings. The number of nitrogens with one attached hydrogen (secondary N) is 1. The third-order valence-electron chi connectivity index (χ3n) is 3.96. The van der Waals surface area contributed by atoms with Crippen LogP contribution in [0.1, 0.15) is 43.2 Å². The minimum absolute atomic E-state index is 1.03. The Morgan fingerprint density at radius 2 is 2.00 bits per heavy atom. The molecule has 16 heavy (non-hydrogen) atoms. The molecule has 0 radical (unpaired) electrons. The molecule has 1 aromatic carbocycles. The number of rotatable bonds is 4. The Morgan fingerprint density at radius 1 is 1.12 bits per heavy atom. The summed E-state index contributed by atoms with van der Waals surface area (Å²) in [6.07, 6.45) is 9.61. The van der Waals surface area contributed by atoms with E-state index in [1.165, 1.54) is 57.2 Å². The summed E-state index contributed by atoms with van der Waals surface area (Å²) in [5.74, 6) is 1.03. The van der Waals surface area contributed by atoms with E-state index >= 15 is 0 Å². The maximum atomic E-state index is 3.64. The molecule has 1 heteroatoms. The molecule has 1 saturated carbocycles. The van der Waals surface area contributed by atoms with Crippen LogP contribution in [-0.2, 0) is 12.8 Å². The Balaban J connectivity index is 1.67. The highest BCUT2D eigenvalue weighted by molar-refractivity contribution is 5.55. The van der Waals surface area contributed by atoms with Gasteiger partial charge in [-0.25, -0.2) is 0 Å². The summed E-state index contributed by atoms with van der Waals surface area (Å²) in [5.41, 5.74) is 4.60. The van der Waals surface area contributed by atoms with Gasteiger partial charge in [-0.1, -0.05) is 25.0 Å². The van der Waals surface area contributed by atoms with Gasteiger partial charge in [0.05, 0.1) is 0 Å². The van der Waals surface area contributed by atoms with Crippen LogP contribution in [0.15, 0.2) is 18.2 Å². The largest absolute Gasteiger partial charge is 0.385 e. The third kappa shape index (κ3) is 2.23. The van der Waals surface area contributed by atoms with E-state index in [9.17, 15) is 0 Å². The predicted octanol–water partition coefficient (Wildman–Crippen LogP) is 3.78. The van der Waals surface area contributed by atoms with Crippen LogP contribution < -0.4 is 5.32 Å². The first-order valence-electron chi connectivity index (χ1n) is 6.78. The van der Waals surface area contributed by atoms with Crippen molar-refractivity contribution >= 4 is 5.69 Å². The second-order valence-corrected chi connectivity index (χ2v) is 5.31. The molecule has 0 unspecified atom stereocenters. The van der Waals surface area contributed by atoms with Crippen LogP contribution >= 0.6 is 0 Å². The molecular weight excluding hydrogens is 194 g/mol. The monoisotopic (exact) mass is 215 g/mol. The van der Waals surface area contributed by atoms with Gasteiger partial charge in [-0.3, -0.25) is 0 Å². The Labute approximate surface area is 98.3 Å². The number of aryl methyl sites for hydroxylation is 1. The van der Waals surface area contributed by atoms with E-state index in [1.54, 1.807) is 11.1 Å². The molecule has 0 bridgehead atoms. The fraction of sp³-hybridized carbons (Fsp3) is 0.600. The van der Waals surface area contributed by atoms with E-state index in [0.29, 0.717) is 0 Å². The first kappa shape index (κ1) is 10.2. The summed E-state index contributed by atoms with van der Waals surface area (Å²) in [4.78, 5) is 0. The van der Waals surface area contributed by atoms with Gasteiger partial charge in [-0.15, -0.1) is 0 Å². The molecular formula is C15H21N. The molecule has 2 aliphatic rings. The highest BCUT2D eigenvalue weighted by Gasteiger charge is 2.20. The molecule has 1 N–H and O–H groups in total. The van der Waals surface area contributed by atoms with Crippen molar-refractivity contribution in [2.24, 2.45) is 5.92 Å². The van der Waals surface area contributed by atoms with Crippen LogP contribution in [0.5, 0.6) is 0 Å². The molecule has 0 atom stereocenters. The van der Waals surface area contributed by atoms with Crippen molar-refractivity contribution in [3.05, 3.63) is 29.3 Å². The first-order valence-corrected chi connectivity index (χ1v) is 6.78. The molecule has 0 aliphatic heterocycles. The topological polar surface area (TPSA) is 12.0 Å². The Hall–Kier alpha value is -0.980. The fourth-order valence-electron chi connectivity index (χ4n) is 2.76. The van der Waals surface area contributed by atoms with Crippen LogP contribution in [0.3, 0.4) is 0 Å². The van der Waals surface area contributed by atoms with Crippen LogP contribution in [0, 0.1) is 5.92 Å². The maximum Gasteiger partial charge on any atom is 0.0375 e. The molecule has 0 spiro atoms. The van der Waals surface area contributed by atoms with E-state index < -0.39 is 0 Å². The molecule has 0 amide bonds. The minimum Gasteiger partial charge on any atom is -0.385 e. The molecule has 2 aliphatic carbocycles. The molecule has 86 valence electrons. The molecule has 0 aromatic heterocycles. The van der Waals surface area contributed by atoms with Gasteiger partial charge in [0.15, 0.2) is 0 Å². The summed E-state index contributed by atoms with van der Waals surface area (Å²) in [5, 5.41) is 3.64. The lowest BCUT2D eigenvalue weighted by Crippen LogP contribution is -2.09. The lowest BCUT2D eigenvalue weighted by atomic mass is 9.90. The van der Waals surface area contributed by atoms with E-state index in [1.807, 2.05) is 0 Å². The standard InChI is InChI=1S/C15H21N/c1-2-6-14-13(4-1)5-3-7-15(14)16-11-10-12-8-9-12/h3,5,7,12,16H,1-2,4,6,8-11H2. The van der Waals surface area contributed by atoms with Crippen LogP contribution in [0.25, 0.3) is 0 Å². The average Bonchev–Trinajstić information content (AvgIpc) is 3.13. The van der Waals surface area contributed by atoms with E-state index in [4.69, 9.17) is 0 Å². The maximum absolute atomic E-state index is 3.64. The summed E-state index contributed by atoms with van der Waals surface area (Å²) < 4.78 is 0. The number of benzene rings is 1. The molecule has 0 heterocycles. The molecule has 0 saturated heterocycles. The lowest BCUT2D eigenvalue weighted by Gasteiger charge is -2.20. The lowest BCUT2D eigenvalue weighted by molar-refractivity contribution is 0.685. The van der Waals surface area contributed by atoms with Crippen LogP contribution in [0.4, 0.5) is 5.69 Å². The predicted molar refractivity (Wildman–Crippen MR) is 68.9 cm³/mol. The zero-order valence-corrected chi connectivity index (χ0v) is 9.97. The summed E-state index contributed by atoms with van der Waals surface area (Å²) in [6.45, 7) is 1.17. The zero-order chi connectivity index (χ0) is 10.8.